The van der Waals surface area contributed by atoms with Gasteiger partial charge in [0.1, 0.15) is 0 Å². The zero-order chi connectivity index (χ0) is 28.9. The maximum Gasteiger partial charge on any atom is 0 e. The molecule has 1 heteroatoms. The zero-order valence-corrected chi connectivity index (χ0v) is 31.6. The van der Waals surface area contributed by atoms with E-state index in [0.717, 1.165) is 18.8 Å². The van der Waals surface area contributed by atoms with Crippen molar-refractivity contribution in [2.75, 3.05) is 0 Å². The van der Waals surface area contributed by atoms with Gasteiger partial charge in [-0.15, -0.1) is 0 Å². The molecular formula is C35H69Hf-. The summed E-state index contributed by atoms with van der Waals surface area (Å²) in [5.74, 6) is 1.39. The fraction of sp³-hybridized carbons (Fsp3) is 0.714. The number of allylic oxidation sites excluding steroid dienone is 3. The normalized spacial score (nSPS) is 10.2. The van der Waals surface area contributed by atoms with Gasteiger partial charge in [0.25, 0.3) is 0 Å². The Balaban J connectivity index is -0.0000000988. The van der Waals surface area contributed by atoms with Crippen molar-refractivity contribution >= 4 is 0 Å². The molecule has 0 nitrogen and oxygen atoms in total. The Labute approximate surface area is 251 Å². The van der Waals surface area contributed by atoms with E-state index < -0.39 is 0 Å². The van der Waals surface area contributed by atoms with E-state index >= 15 is 0 Å². The molecule has 0 aromatic heterocycles. The van der Waals surface area contributed by atoms with E-state index in [4.69, 9.17) is 0 Å². The van der Waals surface area contributed by atoms with Crippen LogP contribution in [-0.2, 0) is 31.3 Å². The van der Waals surface area contributed by atoms with Gasteiger partial charge >= 0.3 is 0 Å². The van der Waals surface area contributed by atoms with Gasteiger partial charge in [-0.25, -0.2) is 0 Å². The first-order valence-electron chi connectivity index (χ1n) is 15.0. The molecule has 0 spiro atoms. The zero-order valence-electron chi connectivity index (χ0n) is 28.0. The van der Waals surface area contributed by atoms with Crippen LogP contribution in [0, 0.1) is 24.8 Å². The minimum atomic E-state index is 0. The average molecular weight is 668 g/mol. The van der Waals surface area contributed by atoms with Gasteiger partial charge in [-0.2, -0.15) is 6.92 Å². The first-order valence-corrected chi connectivity index (χ1v) is 15.0. The van der Waals surface area contributed by atoms with Crippen LogP contribution < -0.4 is 0 Å². The number of hydrogen-bond donors (Lipinski definition) is 0. The molecule has 0 aliphatic rings. The van der Waals surface area contributed by atoms with Crippen molar-refractivity contribution in [3.05, 3.63) is 59.7 Å². The van der Waals surface area contributed by atoms with Crippen LogP contribution in [0.1, 0.15) is 154 Å². The van der Waals surface area contributed by atoms with E-state index in [1.54, 1.807) is 0 Å². The van der Waals surface area contributed by atoms with E-state index in [-0.39, 0.29) is 31.3 Å². The van der Waals surface area contributed by atoms with Gasteiger partial charge in [0, 0.05) is 25.8 Å². The van der Waals surface area contributed by atoms with Gasteiger partial charge in [0.15, 0.2) is 0 Å². The molecule has 0 saturated heterocycles. The van der Waals surface area contributed by atoms with Crippen LogP contribution in [0.5, 0.6) is 0 Å². The third-order valence-corrected chi connectivity index (χ3v) is 5.42. The maximum atomic E-state index is 4.11. The average Bonchev–Trinajstić information content (AvgIpc) is 2.88. The van der Waals surface area contributed by atoms with Crippen LogP contribution in [0.3, 0.4) is 0 Å². The van der Waals surface area contributed by atoms with Crippen LogP contribution in [0.15, 0.2) is 42.5 Å². The van der Waals surface area contributed by atoms with E-state index in [1.165, 1.54) is 42.4 Å². The Morgan fingerprint density at radius 3 is 1.56 bits per heavy atom. The summed E-state index contributed by atoms with van der Waals surface area (Å²) in [4.78, 5) is 0. The predicted octanol–water partition coefficient (Wildman–Crippen LogP) is 12.9. The number of rotatable bonds is 10. The molecule has 0 fully saturated rings. The molecular weight excluding hydrogens is 599 g/mol. The van der Waals surface area contributed by atoms with Crippen molar-refractivity contribution in [1.29, 1.82) is 0 Å². The smallest absolute Gasteiger partial charge is 0 e. The van der Waals surface area contributed by atoms with Crippen molar-refractivity contribution in [3.8, 4) is 0 Å². The third kappa shape index (κ3) is 28.1. The van der Waals surface area contributed by atoms with Crippen LogP contribution in [0.4, 0.5) is 0 Å². The van der Waals surface area contributed by atoms with Crippen LogP contribution in [0.2, 0.25) is 0 Å². The van der Waals surface area contributed by atoms with Gasteiger partial charge in [0.05, 0.1) is 0 Å². The molecule has 1 aromatic rings. The summed E-state index contributed by atoms with van der Waals surface area (Å²) in [6, 6.07) is 8.90. The van der Waals surface area contributed by atoms with Crippen LogP contribution >= 0.6 is 0 Å². The molecule has 0 aliphatic heterocycles. The summed E-state index contributed by atoms with van der Waals surface area (Å²) in [5.41, 5.74) is 4.44. The van der Waals surface area contributed by atoms with Gasteiger partial charge < -0.3 is 6.08 Å². The molecule has 1 aromatic carbocycles. The molecule has 0 bridgehead atoms. The first kappa shape index (κ1) is 48.6. The van der Waals surface area contributed by atoms with E-state index in [0.29, 0.717) is 5.92 Å². The molecule has 0 N–H and O–H groups in total. The number of benzene rings is 1. The van der Waals surface area contributed by atoms with Gasteiger partial charge in [-0.3, -0.25) is 6.08 Å². The Kier molecular flexibility index (Phi) is 49.6. The second kappa shape index (κ2) is 36.7. The SMILES string of the molecule is C=C(CC)C(CCC)CCC.CC.CC.CC.CC.C[C-]=CC(C)CC(C)(C)c1ccc(C)cc1.[Hf]. The molecule has 0 aliphatic carbocycles. The Morgan fingerprint density at radius 1 is 0.861 bits per heavy atom. The molecule has 1 atom stereocenters. The van der Waals surface area contributed by atoms with Crippen molar-refractivity contribution < 1.29 is 25.8 Å². The summed E-state index contributed by atoms with van der Waals surface area (Å²) in [5, 5.41) is 0. The largest absolute Gasteiger partial charge is 0.504 e. The molecule has 0 heterocycles. The second-order valence-corrected chi connectivity index (χ2v) is 8.67. The molecule has 0 saturated carbocycles. The van der Waals surface area contributed by atoms with Crippen molar-refractivity contribution in [2.24, 2.45) is 11.8 Å². The van der Waals surface area contributed by atoms with Gasteiger partial charge in [-0.1, -0.05) is 158 Å². The van der Waals surface area contributed by atoms with Gasteiger partial charge in [0.2, 0.25) is 0 Å². The second-order valence-electron chi connectivity index (χ2n) is 8.67. The fourth-order valence-corrected chi connectivity index (χ4v) is 3.81. The summed E-state index contributed by atoms with van der Waals surface area (Å²) < 4.78 is 0. The molecule has 1 rings (SSSR count). The van der Waals surface area contributed by atoms with Crippen molar-refractivity contribution in [3.63, 3.8) is 0 Å². The number of aryl methyl sites for hydroxylation is 1. The Bertz CT molecular complexity index is 530. The molecule has 1 unspecified atom stereocenters. The third-order valence-electron chi connectivity index (χ3n) is 5.42. The van der Waals surface area contributed by atoms with Crippen LogP contribution in [0.25, 0.3) is 0 Å². The minimum Gasteiger partial charge on any atom is -0.504 e. The Morgan fingerprint density at radius 2 is 1.25 bits per heavy atom. The Hall–Kier alpha value is -0.430. The molecule has 0 radical (unpaired) electrons. The number of hydrogen-bond acceptors (Lipinski definition) is 0. The van der Waals surface area contributed by atoms with E-state index in [9.17, 15) is 0 Å². The maximum absolute atomic E-state index is 4.11. The predicted molar refractivity (Wildman–Crippen MR) is 170 cm³/mol. The van der Waals surface area contributed by atoms with E-state index in [1.807, 2.05) is 62.3 Å². The monoisotopic (exact) mass is 669 g/mol. The van der Waals surface area contributed by atoms with Crippen LogP contribution in [-0.4, -0.2) is 0 Å². The fourth-order valence-electron chi connectivity index (χ4n) is 3.81. The van der Waals surface area contributed by atoms with Gasteiger partial charge in [-0.05, 0) is 49.5 Å². The first-order chi connectivity index (χ1) is 16.7. The summed E-state index contributed by atoms with van der Waals surface area (Å²) in [6.45, 7) is 37.8. The molecule has 0 amide bonds. The van der Waals surface area contributed by atoms with Crippen molar-refractivity contribution in [1.82, 2.24) is 0 Å². The summed E-state index contributed by atoms with van der Waals surface area (Å²) in [7, 11) is 0. The topological polar surface area (TPSA) is 0 Å². The summed E-state index contributed by atoms with van der Waals surface area (Å²) in [6.07, 6.45) is 12.9. The molecule has 214 valence electrons. The quantitative estimate of drug-likeness (QED) is 0.132. The standard InChI is InChI=1S/C16H23.C11H22.4C2H6.Hf/c1-6-7-14(3)12-16(4,5)15-10-8-13(2)9-11-15;1-5-8-11(9-6-2)10(4)7-3;4*1-2;/h7-11,14H,12H2,1-5H3;11H,4-9H2,1-3H3;4*1-2H3;/q-1;;;;;;. The van der Waals surface area contributed by atoms with Crippen molar-refractivity contribution in [2.45, 2.75) is 155 Å². The minimum absolute atomic E-state index is 0. The summed E-state index contributed by atoms with van der Waals surface area (Å²) >= 11 is 0. The van der Waals surface area contributed by atoms with E-state index in [2.05, 4.69) is 91.5 Å². The molecule has 36 heavy (non-hydrogen) atoms.